The van der Waals surface area contributed by atoms with Crippen molar-refractivity contribution in [3.05, 3.63) is 94.3 Å². The van der Waals surface area contributed by atoms with Gasteiger partial charge in [-0.15, -0.1) is 0 Å². The van der Waals surface area contributed by atoms with Crippen LogP contribution >= 0.6 is 0 Å². The predicted octanol–water partition coefficient (Wildman–Crippen LogP) is 7.03. The van der Waals surface area contributed by atoms with Gasteiger partial charge >= 0.3 is 0 Å². The lowest BCUT2D eigenvalue weighted by Gasteiger charge is -2.32. The van der Waals surface area contributed by atoms with E-state index >= 15 is 0 Å². The van der Waals surface area contributed by atoms with Crippen LogP contribution in [0.2, 0.25) is 0 Å². The Balaban J connectivity index is 1.70. The molecule has 1 atom stereocenters. The summed E-state index contributed by atoms with van der Waals surface area (Å²) in [5, 5.41) is 10.2. The van der Waals surface area contributed by atoms with Gasteiger partial charge in [0.2, 0.25) is 0 Å². The topological polar surface area (TPSA) is 37.3 Å². The average molecular weight is 399 g/mol. The van der Waals surface area contributed by atoms with E-state index < -0.39 is 0 Å². The first-order valence-corrected chi connectivity index (χ1v) is 10.8. The minimum atomic E-state index is -0.000222. The maximum atomic E-state index is 12.3. The van der Waals surface area contributed by atoms with Gasteiger partial charge in [0.05, 0.1) is 5.57 Å². The Morgan fingerprint density at radius 2 is 1.83 bits per heavy atom. The fraction of sp³-hybridized carbons (Fsp3) is 0.321. The molecule has 0 saturated carbocycles. The minimum Gasteiger partial charge on any atom is -0.512 e. The van der Waals surface area contributed by atoms with Crippen molar-refractivity contribution in [2.24, 2.45) is 0 Å². The molecule has 154 valence electrons. The van der Waals surface area contributed by atoms with Crippen molar-refractivity contribution >= 4 is 16.9 Å². The van der Waals surface area contributed by atoms with Crippen LogP contribution in [-0.2, 0) is 10.2 Å². The number of hydrogen-bond donors (Lipinski definition) is 1. The quantitative estimate of drug-likeness (QED) is 0.564. The Kier molecular flexibility index (Phi) is 5.05. The molecule has 0 spiro atoms. The van der Waals surface area contributed by atoms with Gasteiger partial charge in [-0.1, -0.05) is 69.8 Å². The summed E-state index contributed by atoms with van der Waals surface area (Å²) in [7, 11) is 0. The molecule has 1 N–H and O–H groups in total. The van der Waals surface area contributed by atoms with Crippen LogP contribution in [0.5, 0.6) is 0 Å². The Hall–Kier alpha value is -2.87. The Morgan fingerprint density at radius 3 is 2.50 bits per heavy atom. The first-order chi connectivity index (χ1) is 14.2. The van der Waals surface area contributed by atoms with Gasteiger partial charge in [-0.25, -0.2) is 0 Å². The molecule has 0 fully saturated rings. The lowest BCUT2D eigenvalue weighted by Crippen LogP contribution is -2.21. The first kappa shape index (κ1) is 20.4. The van der Waals surface area contributed by atoms with Gasteiger partial charge in [0.1, 0.15) is 5.76 Å². The second kappa shape index (κ2) is 7.43. The van der Waals surface area contributed by atoms with E-state index in [1.54, 1.807) is 0 Å². The molecule has 4 rings (SSSR count). The number of aliphatic hydroxyl groups excluding tert-OH is 1. The van der Waals surface area contributed by atoms with Crippen molar-refractivity contribution in [1.82, 2.24) is 0 Å². The van der Waals surface area contributed by atoms with Crippen LogP contribution in [0.15, 0.2) is 60.9 Å². The Morgan fingerprint density at radius 1 is 1.13 bits per heavy atom. The molecule has 0 bridgehead atoms. The van der Waals surface area contributed by atoms with Gasteiger partial charge in [0.15, 0.2) is 5.78 Å². The second-order valence-corrected chi connectivity index (χ2v) is 9.28. The summed E-state index contributed by atoms with van der Waals surface area (Å²) in [6.07, 6.45) is 6.41. The molecule has 0 saturated heterocycles. The van der Waals surface area contributed by atoms with Crippen molar-refractivity contribution in [3.8, 4) is 0 Å². The highest BCUT2D eigenvalue weighted by Gasteiger charge is 2.28. The van der Waals surface area contributed by atoms with Crippen molar-refractivity contribution in [2.45, 2.75) is 58.3 Å². The van der Waals surface area contributed by atoms with Crippen molar-refractivity contribution in [2.75, 3.05) is 0 Å². The van der Waals surface area contributed by atoms with Gasteiger partial charge in [-0.2, -0.15) is 0 Å². The van der Waals surface area contributed by atoms with Crippen LogP contribution in [0.3, 0.4) is 0 Å². The van der Waals surface area contributed by atoms with Crippen LogP contribution in [0, 0.1) is 6.92 Å². The van der Waals surface area contributed by atoms with Gasteiger partial charge in [0, 0.05) is 18.3 Å². The molecular weight excluding hydrogens is 368 g/mol. The zero-order chi connectivity index (χ0) is 21.6. The van der Waals surface area contributed by atoms with E-state index in [0.717, 1.165) is 28.7 Å². The highest BCUT2D eigenvalue weighted by atomic mass is 16.3. The largest absolute Gasteiger partial charge is 0.512 e. The van der Waals surface area contributed by atoms with E-state index in [2.05, 4.69) is 58.6 Å². The van der Waals surface area contributed by atoms with Gasteiger partial charge in [-0.3, -0.25) is 4.79 Å². The summed E-state index contributed by atoms with van der Waals surface area (Å²) in [5.74, 6) is 0.662. The summed E-state index contributed by atoms with van der Waals surface area (Å²) in [6, 6.07) is 12.5. The monoisotopic (exact) mass is 398 g/mol. The predicted molar refractivity (Wildman–Crippen MR) is 125 cm³/mol. The highest BCUT2D eigenvalue weighted by Crippen LogP contribution is 2.41. The normalized spacial score (nSPS) is 20.3. The molecule has 0 amide bonds. The van der Waals surface area contributed by atoms with E-state index in [1.807, 2.05) is 24.3 Å². The molecule has 30 heavy (non-hydrogen) atoms. The molecule has 0 radical (unpaired) electrons. The molecule has 0 heterocycles. The van der Waals surface area contributed by atoms with E-state index in [9.17, 15) is 9.90 Å². The van der Waals surface area contributed by atoms with E-state index in [0.29, 0.717) is 24.3 Å². The van der Waals surface area contributed by atoms with Gasteiger partial charge in [0.25, 0.3) is 0 Å². The molecule has 2 aliphatic rings. The lowest BCUT2D eigenvalue weighted by molar-refractivity contribution is -0.114. The number of hydrogen-bond acceptors (Lipinski definition) is 2. The summed E-state index contributed by atoms with van der Waals surface area (Å²) in [4.78, 5) is 12.3. The molecule has 0 aromatic heterocycles. The number of ketones is 1. The highest BCUT2D eigenvalue weighted by molar-refractivity contribution is 6.21. The Labute approximate surface area is 179 Å². The third kappa shape index (κ3) is 3.45. The maximum Gasteiger partial charge on any atom is 0.166 e. The zero-order valence-corrected chi connectivity index (χ0v) is 18.4. The minimum absolute atomic E-state index is 0.000222. The Bertz CT molecular complexity index is 1090. The third-order valence-corrected chi connectivity index (χ3v) is 6.61. The average Bonchev–Trinajstić information content (AvgIpc) is 2.71. The van der Waals surface area contributed by atoms with E-state index in [1.165, 1.54) is 16.7 Å². The van der Waals surface area contributed by atoms with E-state index in [4.69, 9.17) is 0 Å². The molecule has 1 unspecified atom stereocenters. The summed E-state index contributed by atoms with van der Waals surface area (Å²) < 4.78 is 0. The molecule has 2 aliphatic carbocycles. The number of benzene rings is 2. The van der Waals surface area contributed by atoms with Crippen molar-refractivity contribution in [3.63, 3.8) is 0 Å². The summed E-state index contributed by atoms with van der Waals surface area (Å²) in [6.45, 7) is 13.3. The number of rotatable bonds is 3. The molecule has 2 aromatic carbocycles. The molecule has 2 heteroatoms. The zero-order valence-electron chi connectivity index (χ0n) is 18.4. The summed E-state index contributed by atoms with van der Waals surface area (Å²) >= 11 is 0. The van der Waals surface area contributed by atoms with Crippen LogP contribution in [0.1, 0.15) is 79.3 Å². The smallest absolute Gasteiger partial charge is 0.166 e. The molecule has 0 aliphatic heterocycles. The third-order valence-electron chi connectivity index (χ3n) is 6.61. The second-order valence-electron chi connectivity index (χ2n) is 9.28. The van der Waals surface area contributed by atoms with E-state index in [-0.39, 0.29) is 17.0 Å². The lowest BCUT2D eigenvalue weighted by atomic mass is 9.72. The SMILES string of the molecule is C=C(c1ccc(C2=C(O)CCCC2=O)cc1)c1cc2c(cc1C)C(C)C=CC2(C)C. The molecule has 2 nitrogen and oxygen atoms in total. The number of allylic oxidation sites excluding steroid dienone is 4. The van der Waals surface area contributed by atoms with Crippen molar-refractivity contribution in [1.29, 1.82) is 0 Å². The van der Waals surface area contributed by atoms with Crippen LogP contribution in [-0.4, -0.2) is 10.9 Å². The first-order valence-electron chi connectivity index (χ1n) is 10.8. The number of fused-ring (bicyclic) bond motifs is 1. The number of aliphatic hydroxyl groups is 1. The molecular formula is C28H30O2. The number of carbonyl (C=O) groups is 1. The van der Waals surface area contributed by atoms with Crippen LogP contribution < -0.4 is 0 Å². The molecule has 2 aromatic rings. The fourth-order valence-electron chi connectivity index (χ4n) is 4.72. The van der Waals surface area contributed by atoms with Crippen LogP contribution in [0.4, 0.5) is 0 Å². The van der Waals surface area contributed by atoms with Crippen molar-refractivity contribution < 1.29 is 9.90 Å². The van der Waals surface area contributed by atoms with Gasteiger partial charge < -0.3 is 5.11 Å². The summed E-state index contributed by atoms with van der Waals surface area (Å²) in [5.41, 5.74) is 8.41. The fourth-order valence-corrected chi connectivity index (χ4v) is 4.72. The standard InChI is InChI=1S/C28H30O2/c1-17-13-14-28(4,5)24-16-22(18(2)15-23(17)24)19(3)20-9-11-21(12-10-20)27-25(29)7-6-8-26(27)30/h9-17,29H,3,6-8H2,1-2,4-5H3. The number of aryl methyl sites for hydroxylation is 1. The maximum absolute atomic E-state index is 12.3. The number of Topliss-reactive ketones (excluding diaryl/α,β-unsaturated/α-hetero) is 1. The van der Waals surface area contributed by atoms with Gasteiger partial charge in [-0.05, 0) is 64.3 Å². The number of carbonyl (C=O) groups excluding carboxylic acids is 1. The van der Waals surface area contributed by atoms with Crippen LogP contribution in [0.25, 0.3) is 11.1 Å².